The van der Waals surface area contributed by atoms with E-state index in [-0.39, 0.29) is 17.4 Å². The number of hydrogen-bond acceptors (Lipinski definition) is 8. The van der Waals surface area contributed by atoms with Crippen LogP contribution < -0.4 is 10.2 Å². The summed E-state index contributed by atoms with van der Waals surface area (Å²) in [6.07, 6.45) is 8.14. The molecular formula is C22H30N6O3S. The van der Waals surface area contributed by atoms with Gasteiger partial charge in [-0.2, -0.15) is 0 Å². The summed E-state index contributed by atoms with van der Waals surface area (Å²) in [5.41, 5.74) is 1.80. The first kappa shape index (κ1) is 20.6. The number of aryl methyl sites for hydroxylation is 1. The van der Waals surface area contributed by atoms with E-state index in [4.69, 9.17) is 14.7 Å². The molecule has 0 amide bonds. The van der Waals surface area contributed by atoms with Crippen molar-refractivity contribution in [2.75, 3.05) is 36.4 Å². The molecule has 0 unspecified atom stereocenters. The summed E-state index contributed by atoms with van der Waals surface area (Å²) in [5.74, 6) is 1.48. The van der Waals surface area contributed by atoms with Crippen molar-refractivity contribution in [3.8, 4) is 0 Å². The van der Waals surface area contributed by atoms with Crippen LogP contribution in [0.5, 0.6) is 0 Å². The summed E-state index contributed by atoms with van der Waals surface area (Å²) in [5, 5.41) is 4.28. The van der Waals surface area contributed by atoms with Crippen molar-refractivity contribution in [3.05, 3.63) is 18.0 Å². The molecule has 0 bridgehead atoms. The third kappa shape index (κ3) is 4.04. The Kier molecular flexibility index (Phi) is 5.00. The lowest BCUT2D eigenvalue weighted by atomic mass is 10.1. The van der Waals surface area contributed by atoms with Crippen LogP contribution in [0.25, 0.3) is 10.9 Å². The molecule has 9 nitrogen and oxygen atoms in total. The highest BCUT2D eigenvalue weighted by Crippen LogP contribution is 2.34. The number of sulfonamides is 1. The van der Waals surface area contributed by atoms with E-state index in [9.17, 15) is 8.42 Å². The Morgan fingerprint density at radius 1 is 1.03 bits per heavy atom. The Labute approximate surface area is 188 Å². The fourth-order valence-electron chi connectivity index (χ4n) is 4.63. The molecule has 172 valence electrons. The molecule has 0 spiro atoms. The average Bonchev–Trinajstić information content (AvgIpc) is 3.64. The van der Waals surface area contributed by atoms with Crippen LogP contribution in [-0.2, 0) is 14.8 Å². The smallest absolute Gasteiger partial charge is 0.223 e. The first-order chi connectivity index (χ1) is 15.5. The Morgan fingerprint density at radius 2 is 1.78 bits per heavy atom. The molecule has 2 saturated heterocycles. The minimum Gasteiger partial charge on any atom is -0.371 e. The first-order valence-corrected chi connectivity index (χ1v) is 13.3. The number of fused-ring (bicyclic) bond motifs is 1. The van der Waals surface area contributed by atoms with Crippen molar-refractivity contribution in [1.82, 2.24) is 19.3 Å². The van der Waals surface area contributed by atoms with Crippen LogP contribution in [-0.4, -0.2) is 77.4 Å². The summed E-state index contributed by atoms with van der Waals surface area (Å²) in [6.45, 7) is 4.82. The Morgan fingerprint density at radius 3 is 2.47 bits per heavy atom. The van der Waals surface area contributed by atoms with Gasteiger partial charge in [0.05, 0.1) is 17.5 Å². The minimum absolute atomic E-state index is 0.138. The second kappa shape index (κ2) is 7.78. The van der Waals surface area contributed by atoms with Crippen LogP contribution in [0.1, 0.15) is 44.2 Å². The van der Waals surface area contributed by atoms with Crippen molar-refractivity contribution >= 4 is 32.7 Å². The third-order valence-electron chi connectivity index (χ3n) is 6.83. The molecule has 6 rings (SSSR count). The van der Waals surface area contributed by atoms with E-state index in [1.54, 1.807) is 4.31 Å². The molecule has 32 heavy (non-hydrogen) atoms. The van der Waals surface area contributed by atoms with Crippen molar-refractivity contribution in [3.63, 3.8) is 0 Å². The third-order valence-corrected chi connectivity index (χ3v) is 9.22. The monoisotopic (exact) mass is 458 g/mol. The molecule has 0 atom stereocenters. The number of anilines is 2. The van der Waals surface area contributed by atoms with Crippen LogP contribution in [0.15, 0.2) is 12.3 Å². The van der Waals surface area contributed by atoms with Crippen LogP contribution in [0.3, 0.4) is 0 Å². The largest absolute Gasteiger partial charge is 0.371 e. The van der Waals surface area contributed by atoms with E-state index in [1.807, 2.05) is 19.2 Å². The molecule has 2 aliphatic carbocycles. The maximum absolute atomic E-state index is 12.5. The van der Waals surface area contributed by atoms with Gasteiger partial charge in [-0.1, -0.05) is 0 Å². The van der Waals surface area contributed by atoms with Gasteiger partial charge in [0.15, 0.2) is 5.82 Å². The molecule has 10 heteroatoms. The minimum atomic E-state index is -3.09. The number of aromatic nitrogens is 3. The maximum Gasteiger partial charge on any atom is 0.223 e. The van der Waals surface area contributed by atoms with E-state index in [0.717, 1.165) is 61.2 Å². The normalized spacial score (nSPS) is 23.5. The number of pyridine rings is 1. The van der Waals surface area contributed by atoms with Crippen molar-refractivity contribution in [2.24, 2.45) is 0 Å². The summed E-state index contributed by atoms with van der Waals surface area (Å²) < 4.78 is 32.6. The number of piperidine rings is 1. The lowest BCUT2D eigenvalue weighted by molar-refractivity contribution is 0.0218. The summed E-state index contributed by atoms with van der Waals surface area (Å²) in [7, 11) is -3.09. The second-order valence-corrected chi connectivity index (χ2v) is 11.9. The van der Waals surface area contributed by atoms with Gasteiger partial charge < -0.3 is 15.0 Å². The quantitative estimate of drug-likeness (QED) is 0.673. The van der Waals surface area contributed by atoms with E-state index in [2.05, 4.69) is 15.2 Å². The topological polar surface area (TPSA) is 101 Å². The lowest BCUT2D eigenvalue weighted by Crippen LogP contribution is -2.53. The fourth-order valence-corrected chi connectivity index (χ4v) is 6.50. The zero-order valence-corrected chi connectivity index (χ0v) is 19.2. The molecule has 0 aromatic carbocycles. The molecule has 0 radical (unpaired) electrons. The average molecular weight is 459 g/mol. The van der Waals surface area contributed by atoms with Gasteiger partial charge in [-0.25, -0.2) is 27.7 Å². The van der Waals surface area contributed by atoms with Gasteiger partial charge in [-0.05, 0) is 51.5 Å². The van der Waals surface area contributed by atoms with Gasteiger partial charge in [-0.15, -0.1) is 0 Å². The summed E-state index contributed by atoms with van der Waals surface area (Å²) in [6, 6.07) is 2.18. The Balaban J connectivity index is 1.15. The number of nitrogens with zero attached hydrogens (tertiary/aromatic N) is 5. The number of nitrogens with one attached hydrogen (secondary N) is 1. The highest BCUT2D eigenvalue weighted by molar-refractivity contribution is 7.90. The van der Waals surface area contributed by atoms with E-state index in [1.165, 1.54) is 12.8 Å². The molecule has 2 aromatic heterocycles. The van der Waals surface area contributed by atoms with Crippen molar-refractivity contribution in [2.45, 2.75) is 68.9 Å². The summed E-state index contributed by atoms with van der Waals surface area (Å²) in [4.78, 5) is 16.4. The molecule has 1 N–H and O–H groups in total. The van der Waals surface area contributed by atoms with Gasteiger partial charge in [0.1, 0.15) is 5.52 Å². The van der Waals surface area contributed by atoms with Crippen LogP contribution in [0, 0.1) is 6.92 Å². The maximum atomic E-state index is 12.5. The van der Waals surface area contributed by atoms with E-state index in [0.29, 0.717) is 25.1 Å². The van der Waals surface area contributed by atoms with Gasteiger partial charge in [0, 0.05) is 49.5 Å². The van der Waals surface area contributed by atoms with Crippen molar-refractivity contribution < 1.29 is 13.2 Å². The molecule has 4 fully saturated rings. The van der Waals surface area contributed by atoms with Crippen LogP contribution >= 0.6 is 0 Å². The molecule has 4 heterocycles. The predicted molar refractivity (Wildman–Crippen MR) is 122 cm³/mol. The first-order valence-electron chi connectivity index (χ1n) is 11.8. The number of ether oxygens (including phenoxy) is 1. The zero-order valence-electron chi connectivity index (χ0n) is 18.4. The van der Waals surface area contributed by atoms with E-state index < -0.39 is 10.0 Å². The van der Waals surface area contributed by atoms with Gasteiger partial charge in [-0.3, -0.25) is 0 Å². The van der Waals surface area contributed by atoms with Crippen LogP contribution in [0.4, 0.5) is 11.8 Å². The van der Waals surface area contributed by atoms with Crippen LogP contribution in [0.2, 0.25) is 0 Å². The number of hydrogen-bond donors (Lipinski definition) is 1. The highest BCUT2D eigenvalue weighted by atomic mass is 32.2. The van der Waals surface area contributed by atoms with Gasteiger partial charge in [0.2, 0.25) is 16.0 Å². The summed E-state index contributed by atoms with van der Waals surface area (Å²) >= 11 is 0. The molecule has 4 aliphatic rings. The molecule has 2 saturated carbocycles. The van der Waals surface area contributed by atoms with E-state index >= 15 is 0 Å². The molecule has 2 aliphatic heterocycles. The second-order valence-electron chi connectivity index (χ2n) is 9.64. The lowest BCUT2D eigenvalue weighted by Gasteiger charge is -2.40. The van der Waals surface area contributed by atoms with Gasteiger partial charge >= 0.3 is 0 Å². The number of rotatable bonds is 7. The standard InChI is InChI=1S/C22H30N6O3S/c1-14-10-15-11-23-22(25-16-6-8-28(9-7-16)32(29,30)19-4-5-19)26-20(15)21(24-14)27-12-18(13-27)31-17-2-3-17/h10-11,16-19H,2-9,12-13H2,1H3,(H,23,25,26). The SMILES string of the molecule is Cc1cc2cnc(NC3CCN(S(=O)(=O)C4CC4)CC3)nc2c(N2CC(OC3CC3)C2)n1. The fraction of sp³-hybridized carbons (Fsp3) is 0.682. The predicted octanol–water partition coefficient (Wildman–Crippen LogP) is 2.07. The Hall–Kier alpha value is -2.04. The zero-order chi connectivity index (χ0) is 21.9. The van der Waals surface area contributed by atoms with Crippen molar-refractivity contribution in [1.29, 1.82) is 0 Å². The molecular weight excluding hydrogens is 428 g/mol. The molecule has 2 aromatic rings. The Bertz CT molecular complexity index is 1120. The van der Waals surface area contributed by atoms with Gasteiger partial charge in [0.25, 0.3) is 0 Å². The highest BCUT2D eigenvalue weighted by Gasteiger charge is 2.41.